The van der Waals surface area contributed by atoms with Crippen molar-refractivity contribution in [2.75, 3.05) is 5.73 Å². The summed E-state index contributed by atoms with van der Waals surface area (Å²) < 4.78 is 4.63. The Bertz CT molecular complexity index is 145. The summed E-state index contributed by atoms with van der Waals surface area (Å²) in [6, 6.07) is 0.234. The minimum absolute atomic E-state index is 0.234. The first-order valence-electron chi connectivity index (χ1n) is 1.96. The molecule has 7 heavy (non-hydrogen) atoms. The standard InChI is InChI=1S/C3H5BN2O/c1-2-4-7-3(5)6-2/h1H3,(H2,5,6). The van der Waals surface area contributed by atoms with E-state index in [4.69, 9.17) is 5.73 Å². The normalized spacial score (nSPS) is 8.71. The van der Waals surface area contributed by atoms with Gasteiger partial charge in [-0.1, -0.05) is 0 Å². The molecule has 3 nitrogen and oxygen atoms in total. The molecule has 0 spiro atoms. The quantitative estimate of drug-likeness (QED) is 0.490. The number of aryl methyl sites for hydroxylation is 1. The molecule has 1 rings (SSSR count). The number of hydrogen-bond acceptors (Lipinski definition) is 3. The van der Waals surface area contributed by atoms with Gasteiger partial charge in [-0.3, -0.25) is 0 Å². The molecule has 0 saturated heterocycles. The Hall–Kier alpha value is -0.795. The van der Waals surface area contributed by atoms with Gasteiger partial charge in [0.1, 0.15) is 0 Å². The fourth-order valence-electron chi connectivity index (χ4n) is 0.372. The van der Waals surface area contributed by atoms with Crippen LogP contribution in [0.15, 0.2) is 4.33 Å². The zero-order valence-electron chi connectivity index (χ0n) is 4.01. The van der Waals surface area contributed by atoms with E-state index in [-0.39, 0.29) is 6.01 Å². The summed E-state index contributed by atoms with van der Waals surface area (Å²) >= 11 is 0. The molecule has 1 aromatic heterocycles. The summed E-state index contributed by atoms with van der Waals surface area (Å²) in [7, 11) is 1.51. The number of nitrogen functional groups attached to an aromatic ring is 1. The van der Waals surface area contributed by atoms with Crippen molar-refractivity contribution in [3.8, 4) is 0 Å². The molecular formula is C3H5BN2O. The summed E-state index contributed by atoms with van der Waals surface area (Å²) in [6.07, 6.45) is 0. The van der Waals surface area contributed by atoms with Gasteiger partial charge in [-0.05, 0) is 0 Å². The number of aromatic nitrogens is 1. The van der Waals surface area contributed by atoms with E-state index in [0.717, 1.165) is 5.59 Å². The first-order valence-corrected chi connectivity index (χ1v) is 1.96. The Balaban J connectivity index is 3.04. The molecule has 0 aliphatic rings. The molecular weight excluding hydrogens is 90.9 g/mol. The molecule has 0 atom stereocenters. The Morgan fingerprint density at radius 2 is 2.57 bits per heavy atom. The van der Waals surface area contributed by atoms with Gasteiger partial charge in [-0.15, -0.1) is 0 Å². The molecule has 4 heteroatoms. The van der Waals surface area contributed by atoms with E-state index >= 15 is 0 Å². The van der Waals surface area contributed by atoms with Crippen molar-refractivity contribution < 1.29 is 4.33 Å². The van der Waals surface area contributed by atoms with Crippen LogP contribution in [0.4, 0.5) is 6.01 Å². The Morgan fingerprint density at radius 3 is 2.71 bits per heavy atom. The second-order valence-electron chi connectivity index (χ2n) is 1.33. The third kappa shape index (κ3) is 0.794. The Kier molecular flexibility index (Phi) is 0.853. The number of nitrogens with two attached hydrogens (primary N) is 1. The van der Waals surface area contributed by atoms with E-state index in [9.17, 15) is 0 Å². The van der Waals surface area contributed by atoms with Crippen LogP contribution in [0.3, 0.4) is 0 Å². The van der Waals surface area contributed by atoms with Crippen LogP contribution in [0, 0.1) is 6.92 Å². The molecule has 0 saturated carbocycles. The summed E-state index contributed by atoms with van der Waals surface area (Å²) in [5, 5.41) is 0. The fourth-order valence-corrected chi connectivity index (χ4v) is 0.372. The monoisotopic (exact) mass is 96.0 g/mol. The second kappa shape index (κ2) is 1.37. The molecule has 1 heterocycles. The maximum atomic E-state index is 5.10. The molecule has 0 amide bonds. The average Bonchev–Trinajstić information content (AvgIpc) is 1.87. The first kappa shape index (κ1) is 4.37. The number of nitrogens with zero attached hydrogens (tertiary/aromatic N) is 1. The summed E-state index contributed by atoms with van der Waals surface area (Å²) in [5.41, 5.74) is 5.92. The number of rotatable bonds is 0. The second-order valence-corrected chi connectivity index (χ2v) is 1.33. The topological polar surface area (TPSA) is 52.0 Å². The van der Waals surface area contributed by atoms with Crippen LogP contribution < -0.4 is 5.73 Å². The van der Waals surface area contributed by atoms with Crippen molar-refractivity contribution in [3.63, 3.8) is 0 Å². The molecule has 1 aromatic rings. The van der Waals surface area contributed by atoms with Gasteiger partial charge in [0.25, 0.3) is 0 Å². The first-order chi connectivity index (χ1) is 3.29. The fraction of sp³-hybridized carbons (Fsp3) is 0.333. The van der Waals surface area contributed by atoms with Crippen LogP contribution in [0.1, 0.15) is 5.59 Å². The van der Waals surface area contributed by atoms with Gasteiger partial charge in [0, 0.05) is 0 Å². The summed E-state index contributed by atoms with van der Waals surface area (Å²) in [4.78, 5) is 3.72. The molecule has 0 radical (unpaired) electrons. The van der Waals surface area contributed by atoms with Crippen molar-refractivity contribution in [1.29, 1.82) is 0 Å². The molecule has 0 aliphatic carbocycles. The van der Waals surface area contributed by atoms with Gasteiger partial charge in [-0.2, -0.15) is 0 Å². The van der Waals surface area contributed by atoms with Crippen molar-refractivity contribution in [2.24, 2.45) is 0 Å². The number of hydrogen-bond donors (Lipinski definition) is 1. The molecule has 36 valence electrons. The van der Waals surface area contributed by atoms with Crippen LogP contribution in [0.2, 0.25) is 0 Å². The zero-order valence-corrected chi connectivity index (χ0v) is 4.01. The van der Waals surface area contributed by atoms with Gasteiger partial charge in [0.2, 0.25) is 0 Å². The van der Waals surface area contributed by atoms with E-state index in [2.05, 4.69) is 9.32 Å². The zero-order chi connectivity index (χ0) is 5.28. The van der Waals surface area contributed by atoms with Gasteiger partial charge < -0.3 is 0 Å². The van der Waals surface area contributed by atoms with Crippen LogP contribution in [0.25, 0.3) is 0 Å². The van der Waals surface area contributed by atoms with E-state index in [1.165, 1.54) is 7.13 Å². The van der Waals surface area contributed by atoms with Gasteiger partial charge >= 0.3 is 40.7 Å². The van der Waals surface area contributed by atoms with E-state index in [1.54, 1.807) is 0 Å². The van der Waals surface area contributed by atoms with Gasteiger partial charge in [0.15, 0.2) is 0 Å². The van der Waals surface area contributed by atoms with Gasteiger partial charge in [0.05, 0.1) is 0 Å². The third-order valence-corrected chi connectivity index (χ3v) is 0.637. The van der Waals surface area contributed by atoms with Crippen LogP contribution >= 0.6 is 0 Å². The Morgan fingerprint density at radius 1 is 1.86 bits per heavy atom. The van der Waals surface area contributed by atoms with Crippen LogP contribution in [-0.2, 0) is 0 Å². The van der Waals surface area contributed by atoms with Crippen molar-refractivity contribution in [1.82, 2.24) is 4.98 Å². The predicted molar refractivity (Wildman–Crippen MR) is 27.0 cm³/mol. The summed E-state index contributed by atoms with van der Waals surface area (Å²) in [6.45, 7) is 1.82. The molecule has 0 aromatic carbocycles. The Labute approximate surface area is 41.8 Å². The van der Waals surface area contributed by atoms with Crippen LogP contribution in [-0.4, -0.2) is 12.1 Å². The molecule has 0 unspecified atom stereocenters. The average molecular weight is 95.9 g/mol. The maximum absolute atomic E-state index is 5.10. The third-order valence-electron chi connectivity index (χ3n) is 0.637. The molecule has 0 aliphatic heterocycles. The predicted octanol–water partition coefficient (Wildman–Crippen LogP) is -0.0967. The molecule has 0 bridgehead atoms. The SMILES string of the molecule is Cc1boc(N)n1. The molecule has 2 N–H and O–H groups in total. The summed E-state index contributed by atoms with van der Waals surface area (Å²) in [5.74, 6) is 0. The van der Waals surface area contributed by atoms with Crippen molar-refractivity contribution >= 4 is 13.1 Å². The van der Waals surface area contributed by atoms with Crippen LogP contribution in [0.5, 0.6) is 0 Å². The van der Waals surface area contributed by atoms with Gasteiger partial charge in [-0.25, -0.2) is 0 Å². The minimum atomic E-state index is 0.234. The van der Waals surface area contributed by atoms with E-state index < -0.39 is 0 Å². The van der Waals surface area contributed by atoms with Crippen molar-refractivity contribution in [3.05, 3.63) is 5.59 Å². The number of anilines is 1. The van der Waals surface area contributed by atoms with Crippen molar-refractivity contribution in [2.45, 2.75) is 6.92 Å². The van der Waals surface area contributed by atoms with E-state index in [1.807, 2.05) is 6.92 Å². The van der Waals surface area contributed by atoms with E-state index in [0.29, 0.717) is 0 Å². The molecule has 0 fully saturated rings.